The summed E-state index contributed by atoms with van der Waals surface area (Å²) < 4.78 is 0. The molecule has 0 unspecified atom stereocenters. The highest BCUT2D eigenvalue weighted by Gasteiger charge is 2.30. The molecule has 1 aromatic heterocycles. The van der Waals surface area contributed by atoms with Crippen LogP contribution in [0.25, 0.3) is 0 Å². The number of hydrogen-bond donors (Lipinski definition) is 1. The van der Waals surface area contributed by atoms with E-state index in [4.69, 9.17) is 4.98 Å². The van der Waals surface area contributed by atoms with Crippen molar-refractivity contribution in [3.8, 4) is 0 Å². The second-order valence-corrected chi connectivity index (χ2v) is 6.02. The molecule has 0 aromatic carbocycles. The van der Waals surface area contributed by atoms with Gasteiger partial charge >= 0.3 is 0 Å². The molecule has 0 spiro atoms. The van der Waals surface area contributed by atoms with Crippen molar-refractivity contribution in [2.24, 2.45) is 0 Å². The minimum absolute atomic E-state index is 0.0532. The Bertz CT molecular complexity index is 501. The third-order valence-electron chi connectivity index (χ3n) is 4.07. The molecule has 1 fully saturated rings. The van der Waals surface area contributed by atoms with Crippen LogP contribution in [0.4, 0.5) is 0 Å². The van der Waals surface area contributed by atoms with Gasteiger partial charge in [0.15, 0.2) is 0 Å². The summed E-state index contributed by atoms with van der Waals surface area (Å²) in [5.74, 6) is 0.977. The summed E-state index contributed by atoms with van der Waals surface area (Å²) in [6.07, 6.45) is 3.47. The zero-order chi connectivity index (χ0) is 15.4. The summed E-state index contributed by atoms with van der Waals surface area (Å²) in [6, 6.07) is 2.82. The molecule has 0 saturated carbocycles. The predicted molar refractivity (Wildman–Crippen MR) is 83.0 cm³/mol. The molecule has 1 aliphatic rings. The van der Waals surface area contributed by atoms with Crippen molar-refractivity contribution in [3.05, 3.63) is 23.3 Å². The fourth-order valence-corrected chi connectivity index (χ4v) is 2.99. The normalized spacial score (nSPS) is 19.2. The lowest BCUT2D eigenvalue weighted by molar-refractivity contribution is -0.120. The van der Waals surface area contributed by atoms with Crippen LogP contribution in [0.2, 0.25) is 0 Å². The van der Waals surface area contributed by atoms with Gasteiger partial charge in [-0.05, 0) is 52.6 Å². The number of rotatable bonds is 5. The number of amides is 1. The number of nitrogens with one attached hydrogen (secondary N) is 1. The fourth-order valence-electron chi connectivity index (χ4n) is 2.99. The highest BCUT2D eigenvalue weighted by Crippen LogP contribution is 2.31. The van der Waals surface area contributed by atoms with E-state index >= 15 is 0 Å². The van der Waals surface area contributed by atoms with Crippen LogP contribution in [0.3, 0.4) is 0 Å². The van der Waals surface area contributed by atoms with E-state index in [1.54, 1.807) is 7.05 Å². The average molecular weight is 290 g/mol. The standard InChI is InChI=1S/C16H26N4O/c1-11(2)20-9-5-6-14(20)16-18-12(3)10-13(19-16)7-8-15(21)17-4/h10-11,14H,5-9H2,1-4H3,(H,17,21)/t14-/m0/s1. The highest BCUT2D eigenvalue weighted by atomic mass is 16.1. The molecule has 1 atom stereocenters. The molecule has 21 heavy (non-hydrogen) atoms. The molecule has 0 aliphatic carbocycles. The van der Waals surface area contributed by atoms with E-state index in [2.05, 4.69) is 29.0 Å². The quantitative estimate of drug-likeness (QED) is 0.901. The summed E-state index contributed by atoms with van der Waals surface area (Å²) in [4.78, 5) is 23.2. The minimum atomic E-state index is 0.0532. The Morgan fingerprint density at radius 3 is 2.90 bits per heavy atom. The average Bonchev–Trinajstić information content (AvgIpc) is 2.93. The Morgan fingerprint density at radius 1 is 1.48 bits per heavy atom. The minimum Gasteiger partial charge on any atom is -0.359 e. The molecule has 1 amide bonds. The fraction of sp³-hybridized carbons (Fsp3) is 0.688. The molecule has 0 radical (unpaired) electrons. The summed E-state index contributed by atoms with van der Waals surface area (Å²) in [5.41, 5.74) is 1.96. The lowest BCUT2D eigenvalue weighted by Crippen LogP contribution is -2.31. The predicted octanol–water partition coefficient (Wildman–Crippen LogP) is 2.01. The first-order valence-electron chi connectivity index (χ1n) is 7.82. The Kier molecular flexibility index (Phi) is 5.28. The van der Waals surface area contributed by atoms with Crippen LogP contribution in [-0.2, 0) is 11.2 Å². The maximum absolute atomic E-state index is 11.4. The maximum atomic E-state index is 11.4. The van der Waals surface area contributed by atoms with Crippen molar-refractivity contribution in [2.45, 2.75) is 58.5 Å². The molecular weight excluding hydrogens is 264 g/mol. The summed E-state index contributed by atoms with van der Waals surface area (Å²) >= 11 is 0. The summed E-state index contributed by atoms with van der Waals surface area (Å²) in [7, 11) is 1.66. The van der Waals surface area contributed by atoms with E-state index in [0.29, 0.717) is 24.9 Å². The molecule has 1 aromatic rings. The molecule has 5 heteroatoms. The van der Waals surface area contributed by atoms with E-state index in [9.17, 15) is 4.79 Å². The zero-order valence-corrected chi connectivity index (χ0v) is 13.5. The molecule has 1 saturated heterocycles. The van der Waals surface area contributed by atoms with Crippen LogP contribution in [0, 0.1) is 6.92 Å². The van der Waals surface area contributed by atoms with Crippen LogP contribution in [0.5, 0.6) is 0 Å². The van der Waals surface area contributed by atoms with Crippen LogP contribution >= 0.6 is 0 Å². The van der Waals surface area contributed by atoms with Crippen molar-refractivity contribution in [1.29, 1.82) is 0 Å². The molecule has 116 valence electrons. The molecule has 2 rings (SSSR count). The van der Waals surface area contributed by atoms with Crippen molar-refractivity contribution in [1.82, 2.24) is 20.2 Å². The van der Waals surface area contributed by atoms with Gasteiger partial charge in [0.05, 0.1) is 6.04 Å². The van der Waals surface area contributed by atoms with Crippen molar-refractivity contribution in [2.75, 3.05) is 13.6 Å². The Balaban J connectivity index is 2.16. The van der Waals surface area contributed by atoms with Crippen LogP contribution in [0.1, 0.15) is 56.4 Å². The first kappa shape index (κ1) is 15.9. The van der Waals surface area contributed by atoms with Gasteiger partial charge in [-0.2, -0.15) is 0 Å². The number of nitrogens with zero attached hydrogens (tertiary/aromatic N) is 3. The van der Waals surface area contributed by atoms with E-state index in [0.717, 1.165) is 30.2 Å². The van der Waals surface area contributed by atoms with Crippen LogP contribution in [0.15, 0.2) is 6.07 Å². The monoisotopic (exact) mass is 290 g/mol. The van der Waals surface area contributed by atoms with Gasteiger partial charge in [-0.3, -0.25) is 9.69 Å². The van der Waals surface area contributed by atoms with Crippen LogP contribution < -0.4 is 5.32 Å². The zero-order valence-electron chi connectivity index (χ0n) is 13.5. The van der Waals surface area contributed by atoms with Crippen molar-refractivity contribution >= 4 is 5.91 Å². The smallest absolute Gasteiger partial charge is 0.220 e. The SMILES string of the molecule is CNC(=O)CCc1cc(C)nc([C@@H]2CCCN2C(C)C)n1. The Labute approximate surface area is 127 Å². The van der Waals surface area contributed by atoms with Gasteiger partial charge in [-0.1, -0.05) is 0 Å². The molecule has 1 aliphatic heterocycles. The number of carbonyl (C=O) groups excluding carboxylic acids is 1. The third-order valence-corrected chi connectivity index (χ3v) is 4.07. The molecule has 1 N–H and O–H groups in total. The first-order chi connectivity index (χ1) is 10.0. The van der Waals surface area contributed by atoms with Gasteiger partial charge < -0.3 is 5.32 Å². The molecular formula is C16H26N4O. The Hall–Kier alpha value is -1.49. The van der Waals surface area contributed by atoms with Gasteiger partial charge in [0.25, 0.3) is 0 Å². The van der Waals surface area contributed by atoms with E-state index < -0.39 is 0 Å². The van der Waals surface area contributed by atoms with Gasteiger partial charge in [-0.15, -0.1) is 0 Å². The molecule has 0 bridgehead atoms. The largest absolute Gasteiger partial charge is 0.359 e. The summed E-state index contributed by atoms with van der Waals surface area (Å²) in [6.45, 7) is 7.57. The van der Waals surface area contributed by atoms with E-state index in [1.165, 1.54) is 6.42 Å². The maximum Gasteiger partial charge on any atom is 0.220 e. The number of hydrogen-bond acceptors (Lipinski definition) is 4. The van der Waals surface area contributed by atoms with E-state index in [1.807, 2.05) is 13.0 Å². The number of carbonyl (C=O) groups is 1. The van der Waals surface area contributed by atoms with Gasteiger partial charge in [0.2, 0.25) is 5.91 Å². The van der Waals surface area contributed by atoms with Gasteiger partial charge in [0.1, 0.15) is 5.82 Å². The third kappa shape index (κ3) is 4.00. The molecule has 5 nitrogen and oxygen atoms in total. The molecule has 2 heterocycles. The highest BCUT2D eigenvalue weighted by molar-refractivity contribution is 5.75. The van der Waals surface area contributed by atoms with Crippen LogP contribution in [-0.4, -0.2) is 40.4 Å². The second-order valence-electron chi connectivity index (χ2n) is 6.02. The first-order valence-corrected chi connectivity index (χ1v) is 7.82. The second kappa shape index (κ2) is 6.98. The van der Waals surface area contributed by atoms with Crippen molar-refractivity contribution in [3.63, 3.8) is 0 Å². The van der Waals surface area contributed by atoms with Gasteiger partial charge in [-0.25, -0.2) is 9.97 Å². The van der Waals surface area contributed by atoms with E-state index in [-0.39, 0.29) is 5.91 Å². The van der Waals surface area contributed by atoms with Crippen molar-refractivity contribution < 1.29 is 4.79 Å². The number of aryl methyl sites for hydroxylation is 2. The van der Waals surface area contributed by atoms with Gasteiger partial charge in [0, 0.05) is 30.9 Å². The number of likely N-dealkylation sites (tertiary alicyclic amines) is 1. The lowest BCUT2D eigenvalue weighted by Gasteiger charge is -2.27. The topological polar surface area (TPSA) is 58.1 Å². The number of aromatic nitrogens is 2. The Morgan fingerprint density at radius 2 is 2.24 bits per heavy atom. The summed E-state index contributed by atoms with van der Waals surface area (Å²) in [5, 5.41) is 2.65. The lowest BCUT2D eigenvalue weighted by atomic mass is 10.1.